The lowest BCUT2D eigenvalue weighted by Gasteiger charge is -2.35. The van der Waals surface area contributed by atoms with Crippen LogP contribution in [0.25, 0.3) is 10.8 Å². The number of carbonyl (C=O) groups is 1. The molecule has 0 bridgehead atoms. The monoisotopic (exact) mass is 392 g/mol. The van der Waals surface area contributed by atoms with E-state index in [9.17, 15) is 4.79 Å². The van der Waals surface area contributed by atoms with Crippen molar-refractivity contribution in [2.75, 3.05) is 51.4 Å². The van der Waals surface area contributed by atoms with Gasteiger partial charge in [-0.3, -0.25) is 4.79 Å². The van der Waals surface area contributed by atoms with Crippen LogP contribution in [0.2, 0.25) is 0 Å². The van der Waals surface area contributed by atoms with Crippen molar-refractivity contribution >= 4 is 22.5 Å². The van der Waals surface area contributed by atoms with E-state index in [1.165, 1.54) is 0 Å². The average Bonchev–Trinajstić information content (AvgIpc) is 2.79. The summed E-state index contributed by atoms with van der Waals surface area (Å²) in [6.07, 6.45) is 0. The molecule has 2 heterocycles. The number of rotatable bonds is 6. The molecule has 3 aromatic rings. The van der Waals surface area contributed by atoms with Crippen molar-refractivity contribution in [3.05, 3.63) is 60.2 Å². The Hall–Kier alpha value is -3.19. The van der Waals surface area contributed by atoms with Crippen LogP contribution >= 0.6 is 0 Å². The first-order valence-electron chi connectivity index (χ1n) is 9.73. The Morgan fingerprint density at radius 1 is 0.931 bits per heavy atom. The van der Waals surface area contributed by atoms with E-state index in [0.29, 0.717) is 32.2 Å². The molecule has 0 spiro atoms. The van der Waals surface area contributed by atoms with Crippen LogP contribution in [0.4, 0.5) is 5.82 Å². The predicted molar refractivity (Wildman–Crippen MR) is 111 cm³/mol. The zero-order valence-electron chi connectivity index (χ0n) is 16.5. The summed E-state index contributed by atoms with van der Waals surface area (Å²) in [5.41, 5.74) is 0.731. The maximum absolute atomic E-state index is 12.9. The second-order valence-electron chi connectivity index (χ2n) is 6.91. The summed E-state index contributed by atoms with van der Waals surface area (Å²) in [4.78, 5) is 16.9. The van der Waals surface area contributed by atoms with Gasteiger partial charge < -0.3 is 19.3 Å². The highest BCUT2D eigenvalue weighted by Crippen LogP contribution is 2.19. The fourth-order valence-corrected chi connectivity index (χ4v) is 3.43. The van der Waals surface area contributed by atoms with Gasteiger partial charge in [-0.15, -0.1) is 10.2 Å². The Kier molecular flexibility index (Phi) is 5.86. The molecular weight excluding hydrogens is 368 g/mol. The third kappa shape index (κ3) is 4.46. The van der Waals surface area contributed by atoms with Crippen LogP contribution in [-0.2, 0) is 4.74 Å². The highest BCUT2D eigenvalue weighted by molar-refractivity contribution is 5.98. The number of methoxy groups -OCH3 is 1. The maximum Gasteiger partial charge on any atom is 0.253 e. The SMILES string of the molecule is COCCOc1ccc(N2CCN(C(=O)c3ccc4ccccc4c3)CC2)nn1. The first-order chi connectivity index (χ1) is 14.2. The van der Waals surface area contributed by atoms with Gasteiger partial charge >= 0.3 is 0 Å². The van der Waals surface area contributed by atoms with Gasteiger partial charge in [-0.25, -0.2) is 0 Å². The maximum atomic E-state index is 12.9. The molecule has 29 heavy (non-hydrogen) atoms. The van der Waals surface area contributed by atoms with E-state index in [2.05, 4.69) is 21.2 Å². The summed E-state index contributed by atoms with van der Waals surface area (Å²) in [6.45, 7) is 3.70. The molecule has 1 aliphatic rings. The summed E-state index contributed by atoms with van der Waals surface area (Å²) < 4.78 is 10.4. The van der Waals surface area contributed by atoms with Gasteiger partial charge in [0.05, 0.1) is 6.61 Å². The number of nitrogens with zero attached hydrogens (tertiary/aromatic N) is 4. The van der Waals surface area contributed by atoms with Crippen LogP contribution in [0.3, 0.4) is 0 Å². The Balaban J connectivity index is 1.35. The minimum atomic E-state index is 0.0726. The first kappa shape index (κ1) is 19.1. The molecule has 1 fully saturated rings. The molecule has 4 rings (SSSR count). The highest BCUT2D eigenvalue weighted by atomic mass is 16.5. The molecule has 0 unspecified atom stereocenters. The summed E-state index contributed by atoms with van der Waals surface area (Å²) in [6, 6.07) is 17.7. The van der Waals surface area contributed by atoms with E-state index in [-0.39, 0.29) is 5.91 Å². The zero-order chi connectivity index (χ0) is 20.1. The van der Waals surface area contributed by atoms with Crippen molar-refractivity contribution in [2.24, 2.45) is 0 Å². The van der Waals surface area contributed by atoms with E-state index < -0.39 is 0 Å². The van der Waals surface area contributed by atoms with Crippen molar-refractivity contribution < 1.29 is 14.3 Å². The largest absolute Gasteiger partial charge is 0.474 e. The average molecular weight is 392 g/mol. The lowest BCUT2D eigenvalue weighted by atomic mass is 10.1. The zero-order valence-corrected chi connectivity index (χ0v) is 16.5. The van der Waals surface area contributed by atoms with E-state index in [4.69, 9.17) is 9.47 Å². The molecule has 0 saturated carbocycles. The number of hydrogen-bond acceptors (Lipinski definition) is 6. The number of benzene rings is 2. The fourth-order valence-electron chi connectivity index (χ4n) is 3.43. The standard InChI is InChI=1S/C22H24N4O3/c1-28-14-15-29-21-9-8-20(23-24-21)25-10-12-26(13-11-25)22(27)19-7-6-17-4-2-3-5-18(17)16-19/h2-9,16H,10-15H2,1H3. The number of anilines is 1. The smallest absolute Gasteiger partial charge is 0.253 e. The third-order valence-corrected chi connectivity index (χ3v) is 5.05. The Morgan fingerprint density at radius 2 is 1.72 bits per heavy atom. The predicted octanol–water partition coefficient (Wildman–Crippen LogP) is 2.62. The molecule has 2 aromatic carbocycles. The van der Waals surface area contributed by atoms with Gasteiger partial charge in [0, 0.05) is 44.9 Å². The normalized spacial score (nSPS) is 14.2. The second kappa shape index (κ2) is 8.87. The molecule has 7 nitrogen and oxygen atoms in total. The molecule has 0 atom stereocenters. The fraction of sp³-hybridized carbons (Fsp3) is 0.318. The number of amides is 1. The van der Waals surface area contributed by atoms with E-state index in [1.807, 2.05) is 53.4 Å². The van der Waals surface area contributed by atoms with Gasteiger partial charge in [0.1, 0.15) is 6.61 Å². The van der Waals surface area contributed by atoms with E-state index in [0.717, 1.165) is 35.2 Å². The molecule has 150 valence electrons. The van der Waals surface area contributed by atoms with Crippen LogP contribution in [0.1, 0.15) is 10.4 Å². The number of hydrogen-bond donors (Lipinski definition) is 0. The molecule has 1 amide bonds. The van der Waals surface area contributed by atoms with Crippen molar-refractivity contribution in [3.63, 3.8) is 0 Å². The molecule has 1 saturated heterocycles. The number of ether oxygens (including phenoxy) is 2. The van der Waals surface area contributed by atoms with Crippen molar-refractivity contribution in [3.8, 4) is 5.88 Å². The van der Waals surface area contributed by atoms with E-state index in [1.54, 1.807) is 7.11 Å². The molecule has 0 aliphatic carbocycles. The van der Waals surface area contributed by atoms with Gasteiger partial charge in [-0.05, 0) is 29.0 Å². The van der Waals surface area contributed by atoms with Crippen LogP contribution < -0.4 is 9.64 Å². The molecule has 1 aromatic heterocycles. The van der Waals surface area contributed by atoms with E-state index >= 15 is 0 Å². The van der Waals surface area contributed by atoms with Crippen molar-refractivity contribution in [2.45, 2.75) is 0 Å². The number of fused-ring (bicyclic) bond motifs is 1. The first-order valence-corrected chi connectivity index (χ1v) is 9.73. The molecule has 0 radical (unpaired) electrons. The Labute approximate surface area is 169 Å². The number of piperazine rings is 1. The molecule has 1 aliphatic heterocycles. The summed E-state index contributed by atoms with van der Waals surface area (Å²) in [5.74, 6) is 1.35. The number of aromatic nitrogens is 2. The third-order valence-electron chi connectivity index (χ3n) is 5.05. The summed E-state index contributed by atoms with van der Waals surface area (Å²) >= 11 is 0. The van der Waals surface area contributed by atoms with Gasteiger partial charge in [0.2, 0.25) is 5.88 Å². The van der Waals surface area contributed by atoms with Crippen molar-refractivity contribution in [1.82, 2.24) is 15.1 Å². The highest BCUT2D eigenvalue weighted by Gasteiger charge is 2.23. The number of carbonyl (C=O) groups excluding carboxylic acids is 1. The Morgan fingerprint density at radius 3 is 2.45 bits per heavy atom. The van der Waals surface area contributed by atoms with Gasteiger partial charge in [0.25, 0.3) is 5.91 Å². The molecular formula is C22H24N4O3. The van der Waals surface area contributed by atoms with Crippen LogP contribution in [0.5, 0.6) is 5.88 Å². The summed E-state index contributed by atoms with van der Waals surface area (Å²) in [5, 5.41) is 10.6. The lowest BCUT2D eigenvalue weighted by molar-refractivity contribution is 0.0746. The molecule has 0 N–H and O–H groups in total. The van der Waals surface area contributed by atoms with Gasteiger partial charge in [-0.1, -0.05) is 30.3 Å². The topological polar surface area (TPSA) is 67.8 Å². The Bertz CT molecular complexity index is 969. The van der Waals surface area contributed by atoms with Crippen LogP contribution in [0, 0.1) is 0 Å². The van der Waals surface area contributed by atoms with Crippen LogP contribution in [0.15, 0.2) is 54.6 Å². The summed E-state index contributed by atoms with van der Waals surface area (Å²) in [7, 11) is 1.63. The quantitative estimate of drug-likeness (QED) is 0.601. The van der Waals surface area contributed by atoms with Gasteiger partial charge in [0.15, 0.2) is 5.82 Å². The van der Waals surface area contributed by atoms with Crippen molar-refractivity contribution in [1.29, 1.82) is 0 Å². The van der Waals surface area contributed by atoms with Crippen LogP contribution in [-0.4, -0.2) is 67.5 Å². The second-order valence-corrected chi connectivity index (χ2v) is 6.91. The molecule has 7 heteroatoms. The minimum Gasteiger partial charge on any atom is -0.474 e. The lowest BCUT2D eigenvalue weighted by Crippen LogP contribution is -2.49. The minimum absolute atomic E-state index is 0.0726. The van der Waals surface area contributed by atoms with Gasteiger partial charge in [-0.2, -0.15) is 0 Å².